The minimum absolute atomic E-state index is 0.0565. The van der Waals surface area contributed by atoms with Crippen molar-refractivity contribution in [1.29, 1.82) is 0 Å². The van der Waals surface area contributed by atoms with Crippen LogP contribution in [0.25, 0.3) is 0 Å². The molecule has 1 aliphatic rings. The zero-order valence-corrected chi connectivity index (χ0v) is 22.8. The highest BCUT2D eigenvalue weighted by Gasteiger charge is 2.38. The predicted molar refractivity (Wildman–Crippen MR) is 138 cm³/mol. The van der Waals surface area contributed by atoms with Gasteiger partial charge in [0.25, 0.3) is 0 Å². The highest BCUT2D eigenvalue weighted by atomic mass is 16.4. The van der Waals surface area contributed by atoms with Gasteiger partial charge in [-0.2, -0.15) is 0 Å². The molecule has 4 N–H and O–H groups in total. The number of hydrogen-bond donors (Lipinski definition) is 4. The average molecular weight is 511 g/mol. The molecule has 1 rings (SSSR count). The Labute approximate surface area is 215 Å². The number of carbonyl (C=O) groups is 5. The Kier molecular flexibility index (Phi) is 13.4. The van der Waals surface area contributed by atoms with Gasteiger partial charge >= 0.3 is 5.97 Å². The largest absolute Gasteiger partial charge is 0.481 e. The van der Waals surface area contributed by atoms with Crippen molar-refractivity contribution in [2.75, 3.05) is 19.6 Å². The summed E-state index contributed by atoms with van der Waals surface area (Å²) in [6.07, 6.45) is 3.50. The van der Waals surface area contributed by atoms with Crippen LogP contribution in [0.1, 0.15) is 86.5 Å². The van der Waals surface area contributed by atoms with E-state index in [1.807, 2.05) is 6.92 Å². The number of carboxylic acids is 1. The van der Waals surface area contributed by atoms with Gasteiger partial charge in [0.2, 0.25) is 5.91 Å². The van der Waals surface area contributed by atoms with E-state index in [2.05, 4.69) is 16.0 Å². The molecule has 0 saturated carbocycles. The van der Waals surface area contributed by atoms with E-state index in [0.29, 0.717) is 19.5 Å². The third-order valence-corrected chi connectivity index (χ3v) is 6.87. The summed E-state index contributed by atoms with van der Waals surface area (Å²) in [6, 6.07) is -2.21. The van der Waals surface area contributed by atoms with E-state index in [1.54, 1.807) is 32.6 Å². The second kappa shape index (κ2) is 15.2. The number of aliphatic carboxylic acids is 1. The van der Waals surface area contributed by atoms with Gasteiger partial charge in [-0.05, 0) is 72.9 Å². The fourth-order valence-corrected chi connectivity index (χ4v) is 4.76. The zero-order valence-electron chi connectivity index (χ0n) is 22.8. The molecule has 206 valence electrons. The fraction of sp³-hybridized carbons (Fsp3) is 0.808. The van der Waals surface area contributed by atoms with E-state index in [1.165, 1.54) is 6.92 Å². The summed E-state index contributed by atoms with van der Waals surface area (Å²) < 4.78 is 0. The van der Waals surface area contributed by atoms with E-state index in [9.17, 15) is 29.1 Å². The quantitative estimate of drug-likeness (QED) is 0.201. The monoisotopic (exact) mass is 510 g/mol. The lowest BCUT2D eigenvalue weighted by molar-refractivity contribution is -0.138. The van der Waals surface area contributed by atoms with Crippen LogP contribution in [0.5, 0.6) is 0 Å². The molecular formula is C26H46N4O6. The smallest absolute Gasteiger partial charge is 0.303 e. The lowest BCUT2D eigenvalue weighted by atomic mass is 9.89. The first kappa shape index (κ1) is 31.9. The van der Waals surface area contributed by atoms with Crippen molar-refractivity contribution in [1.82, 2.24) is 20.9 Å². The zero-order chi connectivity index (χ0) is 27.5. The lowest BCUT2D eigenvalue weighted by Gasteiger charge is -2.32. The van der Waals surface area contributed by atoms with Crippen LogP contribution in [0.4, 0.5) is 0 Å². The molecule has 36 heavy (non-hydrogen) atoms. The summed E-state index contributed by atoms with van der Waals surface area (Å²) in [5.74, 6) is -1.43. The average Bonchev–Trinajstić information content (AvgIpc) is 3.29. The summed E-state index contributed by atoms with van der Waals surface area (Å²) in [6.45, 7) is 12.0. The molecule has 4 unspecified atom stereocenters. The van der Waals surface area contributed by atoms with E-state index < -0.39 is 29.6 Å². The summed E-state index contributed by atoms with van der Waals surface area (Å²) in [7, 11) is 0. The molecule has 0 aromatic carbocycles. The van der Waals surface area contributed by atoms with E-state index in [-0.39, 0.29) is 42.1 Å². The van der Waals surface area contributed by atoms with Crippen molar-refractivity contribution in [2.24, 2.45) is 0 Å². The van der Waals surface area contributed by atoms with Crippen molar-refractivity contribution in [3.05, 3.63) is 0 Å². The normalized spacial score (nSPS) is 18.5. The second-order valence-electron chi connectivity index (χ2n) is 10.3. The van der Waals surface area contributed by atoms with Crippen LogP contribution in [0, 0.1) is 0 Å². The van der Waals surface area contributed by atoms with Gasteiger partial charge in [0.15, 0.2) is 11.6 Å². The number of nitrogens with zero attached hydrogens (tertiary/aromatic N) is 1. The van der Waals surface area contributed by atoms with Gasteiger partial charge in [0, 0.05) is 19.9 Å². The molecule has 10 heteroatoms. The molecule has 0 radical (unpaired) electrons. The number of nitrogens with one attached hydrogen (secondary N) is 3. The molecule has 0 bridgehead atoms. The molecule has 1 saturated heterocycles. The van der Waals surface area contributed by atoms with E-state index in [0.717, 1.165) is 32.2 Å². The molecular weight excluding hydrogens is 464 g/mol. The van der Waals surface area contributed by atoms with Gasteiger partial charge in [-0.25, -0.2) is 0 Å². The van der Waals surface area contributed by atoms with Gasteiger partial charge in [-0.1, -0.05) is 13.3 Å². The second-order valence-corrected chi connectivity index (χ2v) is 10.3. The summed E-state index contributed by atoms with van der Waals surface area (Å²) in [5, 5.41) is 18.7. The van der Waals surface area contributed by atoms with Crippen molar-refractivity contribution in [2.45, 2.75) is 116 Å². The highest BCUT2D eigenvalue weighted by Crippen LogP contribution is 2.20. The number of unbranched alkanes of at least 4 members (excludes halogenated alkanes) is 1. The Balaban J connectivity index is 2.75. The number of hydrogen-bond acceptors (Lipinski definition) is 8. The van der Waals surface area contributed by atoms with Crippen molar-refractivity contribution in [3.8, 4) is 0 Å². The molecule has 0 aromatic heterocycles. The topological polar surface area (TPSA) is 145 Å². The molecule has 1 heterocycles. The Hall–Kier alpha value is -2.17. The minimum Gasteiger partial charge on any atom is -0.481 e. The van der Waals surface area contributed by atoms with Crippen LogP contribution < -0.4 is 16.0 Å². The van der Waals surface area contributed by atoms with Crippen LogP contribution in [0.3, 0.4) is 0 Å². The van der Waals surface area contributed by atoms with Crippen molar-refractivity contribution < 1.29 is 29.1 Å². The van der Waals surface area contributed by atoms with Crippen LogP contribution in [0.2, 0.25) is 0 Å². The first-order valence-electron chi connectivity index (χ1n) is 13.1. The van der Waals surface area contributed by atoms with Crippen LogP contribution in [-0.4, -0.2) is 88.6 Å². The maximum atomic E-state index is 13.4. The third-order valence-electron chi connectivity index (χ3n) is 6.87. The first-order chi connectivity index (χ1) is 16.8. The number of likely N-dealkylation sites (N-methyl/N-ethyl adjacent to an activating group) is 1. The SMILES string of the molecule is CCNC(CCCCNC(C)(C)C(=O)C(CCC(=O)O)NC(C)C(=O)C1CCCN1C(C)=O)C(C)=O. The maximum Gasteiger partial charge on any atom is 0.303 e. The summed E-state index contributed by atoms with van der Waals surface area (Å²) in [4.78, 5) is 62.8. The number of rotatable bonds is 18. The Morgan fingerprint density at radius 1 is 1.06 bits per heavy atom. The molecule has 0 aliphatic carbocycles. The molecule has 1 fully saturated rings. The van der Waals surface area contributed by atoms with Crippen LogP contribution in [-0.2, 0) is 24.0 Å². The molecule has 4 atom stereocenters. The lowest BCUT2D eigenvalue weighted by Crippen LogP contribution is -2.58. The standard InChI is InChI=1S/C26H46N4O6/c1-7-27-20(18(3)31)11-8-9-15-28-26(5,6)25(36)21(13-14-23(33)34)29-17(2)24(35)22-12-10-16-30(22)19(4)32/h17,20-22,27-29H,7-16H2,1-6H3,(H,33,34). The third kappa shape index (κ3) is 10.1. The van der Waals surface area contributed by atoms with Gasteiger partial charge in [-0.3, -0.25) is 29.3 Å². The van der Waals surface area contributed by atoms with Crippen molar-refractivity contribution >= 4 is 29.2 Å². The van der Waals surface area contributed by atoms with Crippen LogP contribution >= 0.6 is 0 Å². The van der Waals surface area contributed by atoms with Gasteiger partial charge < -0.3 is 20.6 Å². The minimum atomic E-state index is -1.02. The fourth-order valence-electron chi connectivity index (χ4n) is 4.76. The molecule has 10 nitrogen and oxygen atoms in total. The number of amides is 1. The number of Topliss-reactive ketones (excluding diaryl/α,β-unsaturated/α-hetero) is 3. The number of carbonyl (C=O) groups excluding carboxylic acids is 4. The number of likely N-dealkylation sites (tertiary alicyclic amines) is 1. The predicted octanol–water partition coefficient (Wildman–Crippen LogP) is 1.45. The van der Waals surface area contributed by atoms with Gasteiger partial charge in [-0.15, -0.1) is 0 Å². The number of ketones is 3. The molecule has 1 aliphatic heterocycles. The highest BCUT2D eigenvalue weighted by molar-refractivity contribution is 5.95. The van der Waals surface area contributed by atoms with Crippen molar-refractivity contribution in [3.63, 3.8) is 0 Å². The number of carboxylic acid groups (broad SMARTS) is 1. The Morgan fingerprint density at radius 2 is 1.72 bits per heavy atom. The molecule has 1 amide bonds. The molecule has 0 aromatic rings. The van der Waals surface area contributed by atoms with E-state index in [4.69, 9.17) is 0 Å². The Morgan fingerprint density at radius 3 is 2.28 bits per heavy atom. The van der Waals surface area contributed by atoms with Gasteiger partial charge in [0.05, 0.1) is 29.7 Å². The summed E-state index contributed by atoms with van der Waals surface area (Å²) in [5.41, 5.74) is -0.945. The summed E-state index contributed by atoms with van der Waals surface area (Å²) >= 11 is 0. The maximum absolute atomic E-state index is 13.4. The van der Waals surface area contributed by atoms with Gasteiger partial charge in [0.1, 0.15) is 5.78 Å². The van der Waals surface area contributed by atoms with Crippen LogP contribution in [0.15, 0.2) is 0 Å². The molecule has 0 spiro atoms. The Bertz CT molecular complexity index is 784. The first-order valence-corrected chi connectivity index (χ1v) is 13.1. The van der Waals surface area contributed by atoms with E-state index >= 15 is 0 Å².